The Hall–Kier alpha value is -1.71. The van der Waals surface area contributed by atoms with Crippen LogP contribution in [0.25, 0.3) is 0 Å². The number of phenols is 1. The lowest BCUT2D eigenvalue weighted by Crippen LogP contribution is -1.96. The van der Waals surface area contributed by atoms with Gasteiger partial charge in [-0.05, 0) is 17.7 Å². The molecule has 0 aliphatic heterocycles. The van der Waals surface area contributed by atoms with Crippen molar-refractivity contribution in [3.8, 4) is 5.75 Å². The quantitative estimate of drug-likeness (QED) is 0.670. The molecule has 0 saturated heterocycles. The maximum Gasteiger partial charge on any atom is 0.290 e. The fraction of sp³-hybridized carbons (Fsp3) is 0.125. The summed E-state index contributed by atoms with van der Waals surface area (Å²) < 4.78 is 0. The minimum absolute atomic E-state index is 0.0101. The van der Waals surface area contributed by atoms with Gasteiger partial charge in [-0.3, -0.25) is 4.79 Å². The van der Waals surface area contributed by atoms with Gasteiger partial charge < -0.3 is 5.11 Å². The first kappa shape index (κ1) is 8.39. The summed E-state index contributed by atoms with van der Waals surface area (Å²) in [5.41, 5.74) is 0.664. The third-order valence-electron chi connectivity index (χ3n) is 1.39. The normalized spacial score (nSPS) is 9.33. The average Bonchev–Trinajstić information content (AvgIpc) is 2.09. The Morgan fingerprint density at radius 2 is 1.92 bits per heavy atom. The lowest BCUT2D eigenvalue weighted by atomic mass is 10.1. The van der Waals surface area contributed by atoms with Crippen LogP contribution in [0.5, 0.6) is 5.75 Å². The number of carbonyl (C=O) groups excluding carboxylic acids is 1. The van der Waals surface area contributed by atoms with Gasteiger partial charge in [0, 0.05) is 5.18 Å². The Labute approximate surface area is 68.8 Å². The third kappa shape index (κ3) is 2.16. The summed E-state index contributed by atoms with van der Waals surface area (Å²) in [6.07, 6.45) is -0.0101. The molecule has 1 N–H and O–H groups in total. The molecule has 12 heavy (non-hydrogen) atoms. The number of carbonyl (C=O) groups is 1. The number of phenolic OH excluding ortho intramolecular Hbond substituents is 1. The van der Waals surface area contributed by atoms with Crippen molar-refractivity contribution in [2.45, 2.75) is 6.42 Å². The van der Waals surface area contributed by atoms with Crippen LogP contribution in [0, 0.1) is 4.91 Å². The summed E-state index contributed by atoms with van der Waals surface area (Å²) in [4.78, 5) is 20.3. The molecule has 4 heteroatoms. The molecule has 0 heterocycles. The first-order valence-corrected chi connectivity index (χ1v) is 3.36. The first-order valence-electron chi connectivity index (χ1n) is 3.36. The summed E-state index contributed by atoms with van der Waals surface area (Å²) in [6.45, 7) is 0. The molecule has 0 aromatic heterocycles. The Morgan fingerprint density at radius 1 is 1.33 bits per heavy atom. The highest BCUT2D eigenvalue weighted by molar-refractivity contribution is 5.79. The monoisotopic (exact) mass is 165 g/mol. The molecule has 0 fully saturated rings. The minimum Gasteiger partial charge on any atom is -0.508 e. The molecule has 0 aliphatic carbocycles. The molecule has 0 radical (unpaired) electrons. The molecule has 1 amide bonds. The summed E-state index contributed by atoms with van der Waals surface area (Å²) >= 11 is 0. The molecule has 1 aromatic rings. The van der Waals surface area contributed by atoms with E-state index in [9.17, 15) is 9.70 Å². The van der Waals surface area contributed by atoms with Gasteiger partial charge in [0.2, 0.25) is 0 Å². The Bertz CT molecular complexity index is 292. The molecule has 62 valence electrons. The van der Waals surface area contributed by atoms with Gasteiger partial charge >= 0.3 is 0 Å². The molecule has 0 atom stereocenters. The van der Waals surface area contributed by atoms with Gasteiger partial charge in [-0.15, -0.1) is 4.91 Å². The predicted molar refractivity (Wildman–Crippen MR) is 42.6 cm³/mol. The topological polar surface area (TPSA) is 66.7 Å². The molecule has 0 unspecified atom stereocenters. The summed E-state index contributed by atoms with van der Waals surface area (Å²) in [6, 6.07) is 6.04. The van der Waals surface area contributed by atoms with Crippen LogP contribution in [0.1, 0.15) is 5.56 Å². The van der Waals surface area contributed by atoms with Crippen molar-refractivity contribution < 1.29 is 9.90 Å². The van der Waals surface area contributed by atoms with Crippen molar-refractivity contribution >= 4 is 5.91 Å². The number of nitroso groups, excluding NO2 is 1. The number of nitrogens with zero attached hydrogens (tertiary/aromatic N) is 1. The Morgan fingerprint density at radius 3 is 2.42 bits per heavy atom. The van der Waals surface area contributed by atoms with Crippen molar-refractivity contribution in [2.24, 2.45) is 5.18 Å². The van der Waals surface area contributed by atoms with Crippen LogP contribution in [0.3, 0.4) is 0 Å². The van der Waals surface area contributed by atoms with E-state index < -0.39 is 5.91 Å². The SMILES string of the molecule is O=NC(=O)Cc1ccc(O)cc1. The first-order chi connectivity index (χ1) is 5.72. The molecule has 0 spiro atoms. The number of amides is 1. The molecule has 0 bridgehead atoms. The number of aromatic hydroxyl groups is 1. The average molecular weight is 165 g/mol. The van der Waals surface area contributed by atoms with Crippen molar-refractivity contribution in [3.05, 3.63) is 34.7 Å². The van der Waals surface area contributed by atoms with Crippen molar-refractivity contribution in [2.75, 3.05) is 0 Å². The van der Waals surface area contributed by atoms with Gasteiger partial charge in [-0.2, -0.15) is 0 Å². The fourth-order valence-electron chi connectivity index (χ4n) is 0.821. The Kier molecular flexibility index (Phi) is 2.53. The van der Waals surface area contributed by atoms with Crippen LogP contribution in [-0.4, -0.2) is 11.0 Å². The van der Waals surface area contributed by atoms with E-state index in [1.165, 1.54) is 12.1 Å². The highest BCUT2D eigenvalue weighted by Crippen LogP contribution is 2.10. The van der Waals surface area contributed by atoms with Gasteiger partial charge in [0.15, 0.2) is 0 Å². The smallest absolute Gasteiger partial charge is 0.290 e. The zero-order chi connectivity index (χ0) is 8.97. The van der Waals surface area contributed by atoms with Gasteiger partial charge in [-0.25, -0.2) is 0 Å². The third-order valence-corrected chi connectivity index (χ3v) is 1.39. The van der Waals surface area contributed by atoms with E-state index in [1.807, 2.05) is 0 Å². The predicted octanol–water partition coefficient (Wildman–Crippen LogP) is 1.23. The maximum absolute atomic E-state index is 10.5. The molecule has 0 aliphatic rings. The molecular weight excluding hydrogens is 158 g/mol. The van der Waals surface area contributed by atoms with Gasteiger partial charge in [0.1, 0.15) is 5.75 Å². The number of benzene rings is 1. The van der Waals surface area contributed by atoms with E-state index in [0.717, 1.165) is 0 Å². The molecular formula is C8H7NO3. The zero-order valence-corrected chi connectivity index (χ0v) is 6.23. The van der Waals surface area contributed by atoms with Crippen LogP contribution >= 0.6 is 0 Å². The molecule has 4 nitrogen and oxygen atoms in total. The second-order valence-electron chi connectivity index (χ2n) is 2.33. The largest absolute Gasteiger partial charge is 0.508 e. The van der Waals surface area contributed by atoms with Crippen LogP contribution in [0.15, 0.2) is 29.4 Å². The number of hydrogen-bond donors (Lipinski definition) is 1. The van der Waals surface area contributed by atoms with Gasteiger partial charge in [0.05, 0.1) is 6.42 Å². The highest BCUT2D eigenvalue weighted by atomic mass is 16.3. The van der Waals surface area contributed by atoms with E-state index >= 15 is 0 Å². The lowest BCUT2D eigenvalue weighted by Gasteiger charge is -1.95. The van der Waals surface area contributed by atoms with E-state index in [0.29, 0.717) is 5.56 Å². The van der Waals surface area contributed by atoms with Crippen LogP contribution < -0.4 is 0 Å². The molecule has 0 saturated carbocycles. The van der Waals surface area contributed by atoms with Crippen LogP contribution in [-0.2, 0) is 11.2 Å². The van der Waals surface area contributed by atoms with E-state index in [2.05, 4.69) is 5.18 Å². The lowest BCUT2D eigenvalue weighted by molar-refractivity contribution is -0.117. The zero-order valence-electron chi connectivity index (χ0n) is 6.23. The van der Waals surface area contributed by atoms with Crippen LogP contribution in [0.4, 0.5) is 0 Å². The summed E-state index contributed by atoms with van der Waals surface area (Å²) in [7, 11) is 0. The second-order valence-corrected chi connectivity index (χ2v) is 2.33. The van der Waals surface area contributed by atoms with E-state index in [1.54, 1.807) is 12.1 Å². The summed E-state index contributed by atoms with van der Waals surface area (Å²) in [5.74, 6) is -0.578. The highest BCUT2D eigenvalue weighted by Gasteiger charge is 2.01. The van der Waals surface area contributed by atoms with E-state index in [4.69, 9.17) is 5.11 Å². The molecule has 1 aromatic carbocycles. The van der Waals surface area contributed by atoms with Crippen molar-refractivity contribution in [1.82, 2.24) is 0 Å². The van der Waals surface area contributed by atoms with Gasteiger partial charge in [0.25, 0.3) is 5.91 Å². The number of rotatable bonds is 2. The summed E-state index contributed by atoms with van der Waals surface area (Å²) in [5, 5.41) is 11.1. The minimum atomic E-state index is -0.708. The standard InChI is InChI=1S/C8H7NO3/c10-7-3-1-6(2-4-7)5-8(11)9-12/h1-4,10H,5H2. The van der Waals surface area contributed by atoms with Crippen LogP contribution in [0.2, 0.25) is 0 Å². The fourth-order valence-corrected chi connectivity index (χ4v) is 0.821. The Balaban J connectivity index is 2.71. The molecule has 1 rings (SSSR count). The van der Waals surface area contributed by atoms with Crippen molar-refractivity contribution in [3.63, 3.8) is 0 Å². The van der Waals surface area contributed by atoms with Gasteiger partial charge in [-0.1, -0.05) is 12.1 Å². The van der Waals surface area contributed by atoms with Crippen molar-refractivity contribution in [1.29, 1.82) is 0 Å². The second kappa shape index (κ2) is 3.61. The number of hydrogen-bond acceptors (Lipinski definition) is 3. The maximum atomic E-state index is 10.5. The van der Waals surface area contributed by atoms with E-state index in [-0.39, 0.29) is 12.2 Å².